The average molecular weight is 373 g/mol. The van der Waals surface area contributed by atoms with E-state index in [0.717, 1.165) is 19.3 Å². The van der Waals surface area contributed by atoms with Crippen LogP contribution in [0.1, 0.15) is 110 Å². The summed E-state index contributed by atoms with van der Waals surface area (Å²) in [4.78, 5) is 22.5. The van der Waals surface area contributed by atoms with Gasteiger partial charge in [-0.15, -0.1) is 0 Å². The fourth-order valence-electron chi connectivity index (χ4n) is 3.10. The third-order valence-corrected chi connectivity index (χ3v) is 5.73. The molecule has 0 saturated carbocycles. The topological polar surface area (TPSA) is 43.4 Å². The molecule has 0 heterocycles. The molecule has 0 aromatic heterocycles. The van der Waals surface area contributed by atoms with Gasteiger partial charge in [0.05, 0.1) is 7.11 Å². The van der Waals surface area contributed by atoms with Gasteiger partial charge in [0.2, 0.25) is 0 Å². The minimum absolute atomic E-state index is 0.104. The number of carbonyl (C=O) groups excluding carboxylic acids is 2. The molecule has 25 heavy (non-hydrogen) atoms. The van der Waals surface area contributed by atoms with Gasteiger partial charge in [-0.3, -0.25) is 9.59 Å². The molecule has 0 aliphatic carbocycles. The van der Waals surface area contributed by atoms with E-state index in [1.54, 1.807) is 18.7 Å². The molecule has 0 aromatic carbocycles. The molecular formula is C21H40O3S. The SMILES string of the molecule is CCCCCCCCC[C@@H](CCCCCCCC(=O)OC)SC(C)=O. The highest BCUT2D eigenvalue weighted by Crippen LogP contribution is 2.25. The summed E-state index contributed by atoms with van der Waals surface area (Å²) in [6.45, 7) is 3.94. The first-order valence-corrected chi connectivity index (χ1v) is 11.2. The van der Waals surface area contributed by atoms with Gasteiger partial charge in [0, 0.05) is 18.6 Å². The van der Waals surface area contributed by atoms with Gasteiger partial charge in [-0.2, -0.15) is 0 Å². The third-order valence-electron chi connectivity index (χ3n) is 4.60. The number of hydrogen-bond acceptors (Lipinski definition) is 4. The second-order valence-electron chi connectivity index (χ2n) is 7.02. The summed E-state index contributed by atoms with van der Waals surface area (Å²) in [7, 11) is 1.44. The van der Waals surface area contributed by atoms with E-state index >= 15 is 0 Å². The molecule has 0 rings (SSSR count). The number of carbonyl (C=O) groups is 2. The van der Waals surface area contributed by atoms with Crippen molar-refractivity contribution in [2.45, 2.75) is 115 Å². The summed E-state index contributed by atoms with van der Waals surface area (Å²) in [6.07, 6.45) is 17.8. The standard InChI is InChI=1S/C21H40O3S/c1-4-5-6-7-8-10-13-16-20(25-19(2)22)17-14-11-9-12-15-18-21(23)24-3/h20H,4-18H2,1-3H3/t20-/m0/s1. The van der Waals surface area contributed by atoms with Crippen LogP contribution < -0.4 is 0 Å². The molecular weight excluding hydrogens is 332 g/mol. The molecule has 0 aromatic rings. The van der Waals surface area contributed by atoms with Crippen molar-refractivity contribution in [3.8, 4) is 0 Å². The summed E-state index contributed by atoms with van der Waals surface area (Å²) >= 11 is 1.55. The Bertz CT molecular complexity index is 331. The molecule has 0 spiro atoms. The summed E-state index contributed by atoms with van der Waals surface area (Å²) < 4.78 is 4.65. The second kappa shape index (κ2) is 18.3. The quantitative estimate of drug-likeness (QED) is 0.211. The Labute approximate surface area is 160 Å². The zero-order chi connectivity index (χ0) is 18.8. The lowest BCUT2D eigenvalue weighted by molar-refractivity contribution is -0.140. The highest BCUT2D eigenvalue weighted by atomic mass is 32.2. The Morgan fingerprint density at radius 1 is 0.800 bits per heavy atom. The summed E-state index contributed by atoms with van der Waals surface area (Å²) in [5.41, 5.74) is 0. The van der Waals surface area contributed by atoms with Gasteiger partial charge >= 0.3 is 5.97 Å². The van der Waals surface area contributed by atoms with Crippen molar-refractivity contribution in [3.05, 3.63) is 0 Å². The van der Waals surface area contributed by atoms with Crippen LogP contribution in [0.3, 0.4) is 0 Å². The maximum atomic E-state index is 11.4. The molecule has 1 atom stereocenters. The predicted molar refractivity (Wildman–Crippen MR) is 109 cm³/mol. The Balaban J connectivity index is 3.67. The zero-order valence-corrected chi connectivity index (χ0v) is 17.6. The molecule has 0 unspecified atom stereocenters. The Morgan fingerprint density at radius 3 is 1.76 bits per heavy atom. The van der Waals surface area contributed by atoms with E-state index in [-0.39, 0.29) is 11.1 Å². The lowest BCUT2D eigenvalue weighted by Crippen LogP contribution is -2.06. The molecule has 0 bridgehead atoms. The normalized spacial score (nSPS) is 12.1. The summed E-state index contributed by atoms with van der Waals surface area (Å²) in [5.74, 6) is -0.104. The monoisotopic (exact) mass is 372 g/mol. The van der Waals surface area contributed by atoms with Gasteiger partial charge in [-0.1, -0.05) is 89.3 Å². The van der Waals surface area contributed by atoms with Crippen LogP contribution >= 0.6 is 11.8 Å². The molecule has 0 amide bonds. The largest absolute Gasteiger partial charge is 0.469 e. The highest BCUT2D eigenvalue weighted by molar-refractivity contribution is 8.14. The summed E-state index contributed by atoms with van der Waals surface area (Å²) in [6, 6.07) is 0. The highest BCUT2D eigenvalue weighted by Gasteiger charge is 2.11. The predicted octanol–water partition coefficient (Wildman–Crippen LogP) is 6.68. The summed E-state index contributed by atoms with van der Waals surface area (Å²) in [5, 5.41) is 0.759. The first-order valence-electron chi connectivity index (χ1n) is 10.3. The Kier molecular flexibility index (Phi) is 17.9. The van der Waals surface area contributed by atoms with Crippen molar-refractivity contribution >= 4 is 22.8 Å². The van der Waals surface area contributed by atoms with E-state index in [1.807, 2.05) is 0 Å². The van der Waals surface area contributed by atoms with Crippen LogP contribution in [-0.4, -0.2) is 23.4 Å². The first kappa shape index (κ1) is 24.5. The Morgan fingerprint density at radius 2 is 1.28 bits per heavy atom. The fraction of sp³-hybridized carbons (Fsp3) is 0.905. The number of unbranched alkanes of at least 4 members (excludes halogenated alkanes) is 10. The molecule has 0 N–H and O–H groups in total. The van der Waals surface area contributed by atoms with Crippen molar-refractivity contribution in [2.75, 3.05) is 7.11 Å². The van der Waals surface area contributed by atoms with Crippen molar-refractivity contribution in [1.82, 2.24) is 0 Å². The van der Waals surface area contributed by atoms with E-state index in [4.69, 9.17) is 0 Å². The van der Waals surface area contributed by atoms with Crippen LogP contribution in [0.4, 0.5) is 0 Å². The van der Waals surface area contributed by atoms with Gasteiger partial charge in [0.15, 0.2) is 5.12 Å². The Hall–Kier alpha value is -0.510. The number of esters is 1. The van der Waals surface area contributed by atoms with E-state index in [0.29, 0.717) is 11.7 Å². The molecule has 0 saturated heterocycles. The van der Waals surface area contributed by atoms with Gasteiger partial charge < -0.3 is 4.74 Å². The minimum atomic E-state index is -0.104. The van der Waals surface area contributed by atoms with Gasteiger partial charge in [0.1, 0.15) is 0 Å². The number of hydrogen-bond donors (Lipinski definition) is 0. The van der Waals surface area contributed by atoms with Crippen LogP contribution in [-0.2, 0) is 14.3 Å². The van der Waals surface area contributed by atoms with Crippen LogP contribution in [0.5, 0.6) is 0 Å². The average Bonchev–Trinajstić information content (AvgIpc) is 2.59. The van der Waals surface area contributed by atoms with Crippen molar-refractivity contribution in [1.29, 1.82) is 0 Å². The van der Waals surface area contributed by atoms with Crippen molar-refractivity contribution < 1.29 is 14.3 Å². The second-order valence-corrected chi connectivity index (χ2v) is 8.50. The number of rotatable bonds is 17. The molecule has 4 heteroatoms. The lowest BCUT2D eigenvalue weighted by atomic mass is 10.0. The van der Waals surface area contributed by atoms with Crippen molar-refractivity contribution in [3.63, 3.8) is 0 Å². The maximum Gasteiger partial charge on any atom is 0.305 e. The fourth-order valence-corrected chi connectivity index (χ4v) is 4.14. The lowest BCUT2D eigenvalue weighted by Gasteiger charge is -2.14. The van der Waals surface area contributed by atoms with E-state index in [1.165, 1.54) is 77.7 Å². The molecule has 148 valence electrons. The zero-order valence-electron chi connectivity index (χ0n) is 16.8. The van der Waals surface area contributed by atoms with E-state index in [9.17, 15) is 9.59 Å². The third kappa shape index (κ3) is 18.1. The van der Waals surface area contributed by atoms with Gasteiger partial charge in [0.25, 0.3) is 0 Å². The maximum absolute atomic E-state index is 11.4. The molecule has 3 nitrogen and oxygen atoms in total. The molecule has 0 aliphatic heterocycles. The molecule has 0 fully saturated rings. The number of methoxy groups -OCH3 is 1. The van der Waals surface area contributed by atoms with Crippen molar-refractivity contribution in [2.24, 2.45) is 0 Å². The van der Waals surface area contributed by atoms with E-state index < -0.39 is 0 Å². The smallest absolute Gasteiger partial charge is 0.305 e. The number of thioether (sulfide) groups is 1. The molecule has 0 radical (unpaired) electrons. The van der Waals surface area contributed by atoms with Gasteiger partial charge in [-0.25, -0.2) is 0 Å². The van der Waals surface area contributed by atoms with Crippen LogP contribution in [0.25, 0.3) is 0 Å². The minimum Gasteiger partial charge on any atom is -0.469 e. The number of ether oxygens (including phenoxy) is 1. The van der Waals surface area contributed by atoms with Crippen LogP contribution in [0.15, 0.2) is 0 Å². The molecule has 0 aliphatic rings. The van der Waals surface area contributed by atoms with Gasteiger partial charge in [-0.05, 0) is 19.3 Å². The van der Waals surface area contributed by atoms with Crippen LogP contribution in [0, 0.1) is 0 Å². The van der Waals surface area contributed by atoms with E-state index in [2.05, 4.69) is 11.7 Å². The first-order chi connectivity index (χ1) is 12.1. The van der Waals surface area contributed by atoms with Crippen LogP contribution in [0.2, 0.25) is 0 Å².